The van der Waals surface area contributed by atoms with Crippen molar-refractivity contribution in [3.63, 3.8) is 0 Å². The lowest BCUT2D eigenvalue weighted by Crippen LogP contribution is -2.45. The molecule has 1 nitrogen and oxygen atoms in total. The van der Waals surface area contributed by atoms with Gasteiger partial charge in [-0.25, -0.2) is 0 Å². The number of hydrogen-bond acceptors (Lipinski definition) is 1. The van der Waals surface area contributed by atoms with Crippen LogP contribution >= 0.6 is 0 Å². The maximum atomic E-state index is 2.61. The summed E-state index contributed by atoms with van der Waals surface area (Å²) >= 11 is 0. The molecule has 0 bridgehead atoms. The first-order valence-corrected chi connectivity index (χ1v) is 4.69. The van der Waals surface area contributed by atoms with Gasteiger partial charge in [-0.2, -0.15) is 0 Å². The van der Waals surface area contributed by atoms with Crippen molar-refractivity contribution in [2.75, 3.05) is 6.54 Å². The van der Waals surface area contributed by atoms with Gasteiger partial charge >= 0.3 is 0 Å². The van der Waals surface area contributed by atoms with Gasteiger partial charge in [0.25, 0.3) is 0 Å². The zero-order chi connectivity index (χ0) is 8.65. The van der Waals surface area contributed by atoms with Crippen molar-refractivity contribution in [2.24, 2.45) is 0 Å². The molecule has 0 aromatic rings. The minimum atomic E-state index is 0.365. The lowest BCUT2D eigenvalue weighted by molar-refractivity contribution is 0.157. The topological polar surface area (TPSA) is 3.24 Å². The highest BCUT2D eigenvalue weighted by atomic mass is 15.2. The van der Waals surface area contributed by atoms with E-state index >= 15 is 0 Å². The molecule has 62 valence electrons. The summed E-state index contributed by atoms with van der Waals surface area (Å²) in [4.78, 5) is 2.61. The first kappa shape index (κ1) is 9.18. The van der Waals surface area contributed by atoms with Crippen LogP contribution in [0.3, 0.4) is 0 Å². The summed E-state index contributed by atoms with van der Waals surface area (Å²) in [5, 5.41) is 0. The van der Waals surface area contributed by atoms with E-state index in [4.69, 9.17) is 0 Å². The van der Waals surface area contributed by atoms with Crippen molar-refractivity contribution in [3.8, 4) is 0 Å². The van der Waals surface area contributed by atoms with Crippen molar-refractivity contribution < 1.29 is 0 Å². The van der Waals surface area contributed by atoms with Gasteiger partial charge in [0, 0.05) is 5.54 Å². The fourth-order valence-electron chi connectivity index (χ4n) is 2.04. The van der Waals surface area contributed by atoms with Crippen molar-refractivity contribution in [3.05, 3.63) is 0 Å². The van der Waals surface area contributed by atoms with Gasteiger partial charge in [0.1, 0.15) is 15.7 Å². The normalized spacial score (nSPS) is 34.5. The molecule has 1 heterocycles. The van der Waals surface area contributed by atoms with Crippen LogP contribution in [0.4, 0.5) is 0 Å². The standard InChI is InChI=1S/C8H19B2N/c1-8(2,3)11-5-4-6(9)7(11)10/h6-7H,4-5,9-10H2,1-3H3. The van der Waals surface area contributed by atoms with Crippen molar-refractivity contribution >= 4 is 15.7 Å². The quantitative estimate of drug-likeness (QED) is 0.436. The molecule has 1 aliphatic rings. The van der Waals surface area contributed by atoms with E-state index in [1.807, 2.05) is 0 Å². The molecular weight excluding hydrogens is 132 g/mol. The van der Waals surface area contributed by atoms with Gasteiger partial charge < -0.3 is 4.90 Å². The monoisotopic (exact) mass is 151 g/mol. The molecule has 0 aromatic carbocycles. The maximum Gasteiger partial charge on any atom is 0.123 e. The average Bonchev–Trinajstić information content (AvgIpc) is 2.11. The van der Waals surface area contributed by atoms with Crippen LogP contribution in [0.5, 0.6) is 0 Å². The average molecular weight is 151 g/mol. The molecule has 1 rings (SSSR count). The second-order valence-electron chi connectivity index (χ2n) is 4.87. The molecule has 0 amide bonds. The van der Waals surface area contributed by atoms with Crippen LogP contribution in [0.15, 0.2) is 0 Å². The van der Waals surface area contributed by atoms with Crippen LogP contribution in [0.2, 0.25) is 5.82 Å². The van der Waals surface area contributed by atoms with Crippen molar-refractivity contribution in [2.45, 2.75) is 44.5 Å². The number of hydrogen-bond donors (Lipinski definition) is 0. The summed E-state index contributed by atoms with van der Waals surface area (Å²) in [6, 6.07) is 0. The molecule has 3 heteroatoms. The molecule has 2 unspecified atom stereocenters. The van der Waals surface area contributed by atoms with Crippen LogP contribution in [-0.4, -0.2) is 38.6 Å². The Balaban J connectivity index is 2.62. The second-order valence-corrected chi connectivity index (χ2v) is 4.87. The SMILES string of the molecule is BC1CCN(C(C)(C)C)C1B. The van der Waals surface area contributed by atoms with E-state index < -0.39 is 0 Å². The molecule has 1 aliphatic heterocycles. The van der Waals surface area contributed by atoms with E-state index in [2.05, 4.69) is 41.4 Å². The summed E-state index contributed by atoms with van der Waals surface area (Å²) in [6.45, 7) is 8.20. The molecule has 0 N–H and O–H groups in total. The van der Waals surface area contributed by atoms with E-state index in [0.717, 1.165) is 11.8 Å². The van der Waals surface area contributed by atoms with Crippen LogP contribution < -0.4 is 0 Å². The van der Waals surface area contributed by atoms with E-state index in [-0.39, 0.29) is 0 Å². The van der Waals surface area contributed by atoms with Crippen LogP contribution in [0.1, 0.15) is 27.2 Å². The third kappa shape index (κ3) is 1.81. The molecule has 11 heavy (non-hydrogen) atoms. The Morgan fingerprint density at radius 3 is 2.00 bits per heavy atom. The maximum absolute atomic E-state index is 2.61. The molecule has 1 saturated heterocycles. The minimum Gasteiger partial charge on any atom is -0.304 e. The molecule has 0 radical (unpaired) electrons. The van der Waals surface area contributed by atoms with Crippen LogP contribution in [0.25, 0.3) is 0 Å². The lowest BCUT2D eigenvalue weighted by atomic mass is 9.72. The summed E-state index contributed by atoms with van der Waals surface area (Å²) in [7, 11) is 4.71. The fraction of sp³-hybridized carbons (Fsp3) is 1.00. The Morgan fingerprint density at radius 1 is 1.27 bits per heavy atom. The minimum absolute atomic E-state index is 0.365. The van der Waals surface area contributed by atoms with Crippen LogP contribution in [-0.2, 0) is 0 Å². The Morgan fingerprint density at radius 2 is 1.82 bits per heavy atom. The fourth-order valence-corrected chi connectivity index (χ4v) is 2.04. The molecule has 1 fully saturated rings. The van der Waals surface area contributed by atoms with Gasteiger partial charge in [0.2, 0.25) is 0 Å². The largest absolute Gasteiger partial charge is 0.304 e. The molecule has 0 spiro atoms. The first-order chi connectivity index (χ1) is 4.93. The van der Waals surface area contributed by atoms with E-state index in [1.54, 1.807) is 0 Å². The summed E-state index contributed by atoms with van der Waals surface area (Å²) in [5.74, 6) is 1.66. The summed E-state index contributed by atoms with van der Waals surface area (Å²) in [6.07, 6.45) is 1.37. The number of nitrogens with zero attached hydrogens (tertiary/aromatic N) is 1. The molecule has 0 aromatic heterocycles. The predicted molar refractivity (Wildman–Crippen MR) is 55.7 cm³/mol. The predicted octanol–water partition coefficient (Wildman–Crippen LogP) is -0.129. The van der Waals surface area contributed by atoms with Crippen molar-refractivity contribution in [1.29, 1.82) is 0 Å². The van der Waals surface area contributed by atoms with Gasteiger partial charge in [-0.3, -0.25) is 0 Å². The highest BCUT2D eigenvalue weighted by molar-refractivity contribution is 6.21. The van der Waals surface area contributed by atoms with Gasteiger partial charge in [-0.05, 0) is 39.7 Å². The highest BCUT2D eigenvalue weighted by Gasteiger charge is 2.33. The summed E-state index contributed by atoms with van der Waals surface area (Å²) in [5.41, 5.74) is 0.365. The van der Waals surface area contributed by atoms with E-state index in [9.17, 15) is 0 Å². The van der Waals surface area contributed by atoms with E-state index in [1.165, 1.54) is 13.0 Å². The molecular formula is C8H19B2N. The third-order valence-corrected chi connectivity index (χ3v) is 3.00. The zero-order valence-corrected chi connectivity index (χ0v) is 8.52. The molecule has 0 aliphatic carbocycles. The summed E-state index contributed by atoms with van der Waals surface area (Å²) < 4.78 is 0. The molecule has 0 saturated carbocycles. The van der Waals surface area contributed by atoms with Gasteiger partial charge in [0.15, 0.2) is 0 Å². The van der Waals surface area contributed by atoms with Crippen molar-refractivity contribution in [1.82, 2.24) is 4.90 Å². The number of rotatable bonds is 0. The number of likely N-dealkylation sites (tertiary alicyclic amines) is 1. The second kappa shape index (κ2) is 2.85. The lowest BCUT2D eigenvalue weighted by Gasteiger charge is -2.36. The van der Waals surface area contributed by atoms with Gasteiger partial charge in [-0.15, -0.1) is 0 Å². The van der Waals surface area contributed by atoms with Crippen LogP contribution in [0, 0.1) is 0 Å². The highest BCUT2D eigenvalue weighted by Crippen LogP contribution is 2.30. The Bertz CT molecular complexity index is 142. The zero-order valence-electron chi connectivity index (χ0n) is 8.52. The van der Waals surface area contributed by atoms with Gasteiger partial charge in [-0.1, -0.05) is 5.82 Å². The van der Waals surface area contributed by atoms with Gasteiger partial charge in [0.05, 0.1) is 0 Å². The molecule has 2 atom stereocenters. The first-order valence-electron chi connectivity index (χ1n) is 4.69. The Hall–Kier alpha value is 0.0899. The third-order valence-electron chi connectivity index (χ3n) is 3.00. The Kier molecular flexibility index (Phi) is 2.38. The Labute approximate surface area is 72.4 Å². The smallest absolute Gasteiger partial charge is 0.123 e. The van der Waals surface area contributed by atoms with E-state index in [0.29, 0.717) is 5.54 Å².